The number of hydrogen-bond acceptors (Lipinski definition) is 1. The fraction of sp³-hybridized carbons (Fsp3) is 1.00. The van der Waals surface area contributed by atoms with E-state index in [1.54, 1.807) is 0 Å². The molecule has 0 aliphatic rings. The maximum Gasteiger partial charge on any atom is 0.0764 e. The van der Waals surface area contributed by atoms with E-state index in [4.69, 9.17) is 5.11 Å². The summed E-state index contributed by atoms with van der Waals surface area (Å²) in [5.41, 5.74) is 0. The Morgan fingerprint density at radius 3 is 1.24 bits per heavy atom. The van der Waals surface area contributed by atoms with E-state index in [-0.39, 0.29) is 24.8 Å². The third kappa shape index (κ3) is 38.5. The van der Waals surface area contributed by atoms with E-state index in [1.807, 2.05) is 0 Å². The van der Waals surface area contributed by atoms with Gasteiger partial charge in [0.05, 0.1) is 20.6 Å². The van der Waals surface area contributed by atoms with Crippen LogP contribution in [-0.4, -0.2) is 32.4 Å². The fourth-order valence-electron chi connectivity index (χ4n) is 2.10. The Bertz CT molecular complexity index is 137. The van der Waals surface area contributed by atoms with Crippen LogP contribution in [0.15, 0.2) is 0 Å². The lowest BCUT2D eigenvalue weighted by Gasteiger charge is -2.01. The second-order valence-corrected chi connectivity index (χ2v) is 5.86. The molecule has 2 nitrogen and oxygen atoms in total. The molecule has 0 atom stereocenters. The van der Waals surface area contributed by atoms with Crippen molar-refractivity contribution in [2.75, 3.05) is 27.2 Å². The van der Waals surface area contributed by atoms with Gasteiger partial charge in [0.15, 0.2) is 0 Å². The molecule has 0 aliphatic heterocycles. The van der Waals surface area contributed by atoms with Crippen molar-refractivity contribution in [3.05, 3.63) is 0 Å². The molecule has 0 radical (unpaired) electrons. The zero-order valence-corrected chi connectivity index (χ0v) is 16.4. The molecular weight excluding hydrogens is 305 g/mol. The van der Waals surface area contributed by atoms with Gasteiger partial charge in [-0.1, -0.05) is 71.6 Å². The molecule has 0 unspecified atom stereocenters. The summed E-state index contributed by atoms with van der Waals surface area (Å²) in [7, 11) is 4.34. The summed E-state index contributed by atoms with van der Waals surface area (Å²) in [4.78, 5) is 1.54. The summed E-state index contributed by atoms with van der Waals surface area (Å²) in [6, 6.07) is 0. The molecule has 0 fully saturated rings. The van der Waals surface area contributed by atoms with Crippen LogP contribution in [0.5, 0.6) is 0 Å². The molecular formula is C17H40Cl2NO-. The van der Waals surface area contributed by atoms with E-state index < -0.39 is 0 Å². The van der Waals surface area contributed by atoms with Crippen LogP contribution in [0, 0.1) is 0 Å². The number of unbranched alkanes of at least 4 members (excludes halogenated alkanes) is 9. The van der Waals surface area contributed by atoms with Crippen molar-refractivity contribution in [3.63, 3.8) is 0 Å². The summed E-state index contributed by atoms with van der Waals surface area (Å²) in [6.07, 6.45) is 14.6. The molecule has 0 aromatic rings. The lowest BCUT2D eigenvalue weighted by Crippen LogP contribution is -3.05. The minimum atomic E-state index is 0. The van der Waals surface area contributed by atoms with Crippen LogP contribution >= 0.6 is 0 Å². The zero-order chi connectivity index (χ0) is 14.8. The minimum absolute atomic E-state index is 0. The van der Waals surface area contributed by atoms with Gasteiger partial charge < -0.3 is 34.8 Å². The monoisotopic (exact) mass is 344 g/mol. The largest absolute Gasteiger partial charge is 1.00 e. The summed E-state index contributed by atoms with van der Waals surface area (Å²) in [6.45, 7) is 6.12. The van der Waals surface area contributed by atoms with Crippen molar-refractivity contribution in [2.45, 2.75) is 84.5 Å². The summed E-state index contributed by atoms with van der Waals surface area (Å²) >= 11 is 0. The number of aliphatic hydroxyl groups excluding tert-OH is 1. The van der Waals surface area contributed by atoms with Crippen molar-refractivity contribution in [1.82, 2.24) is 0 Å². The quantitative estimate of drug-likeness (QED) is 0.374. The average molecular weight is 345 g/mol. The van der Waals surface area contributed by atoms with Crippen molar-refractivity contribution in [2.24, 2.45) is 0 Å². The van der Waals surface area contributed by atoms with Gasteiger partial charge in [0.2, 0.25) is 0 Å². The molecule has 0 aromatic carbocycles. The zero-order valence-electron chi connectivity index (χ0n) is 14.9. The fourth-order valence-corrected chi connectivity index (χ4v) is 2.10. The topological polar surface area (TPSA) is 24.7 Å². The van der Waals surface area contributed by atoms with Gasteiger partial charge in [0, 0.05) is 6.61 Å². The Labute approximate surface area is 146 Å². The van der Waals surface area contributed by atoms with Crippen LogP contribution in [0.3, 0.4) is 0 Å². The second kappa shape index (κ2) is 28.6. The van der Waals surface area contributed by atoms with Crippen molar-refractivity contribution >= 4 is 0 Å². The predicted octanol–water partition coefficient (Wildman–Crippen LogP) is -2.55. The Balaban J connectivity index is -0.000000156. The number of aliphatic hydroxyl groups is 1. The van der Waals surface area contributed by atoms with E-state index in [9.17, 15) is 0 Å². The number of nitrogens with one attached hydrogen (secondary N) is 1. The summed E-state index contributed by atoms with van der Waals surface area (Å²) in [5.74, 6) is 0. The van der Waals surface area contributed by atoms with Crippen molar-refractivity contribution in [1.29, 1.82) is 0 Å². The van der Waals surface area contributed by atoms with Crippen molar-refractivity contribution in [3.8, 4) is 0 Å². The van der Waals surface area contributed by atoms with Crippen LogP contribution in [0.2, 0.25) is 0 Å². The van der Waals surface area contributed by atoms with Crippen LogP contribution in [-0.2, 0) is 0 Å². The van der Waals surface area contributed by atoms with E-state index in [0.29, 0.717) is 6.61 Å². The highest BCUT2D eigenvalue weighted by Crippen LogP contribution is 2.09. The maximum atomic E-state index is 8.57. The first kappa shape index (κ1) is 29.5. The Morgan fingerprint density at radius 1 is 0.619 bits per heavy atom. The van der Waals surface area contributed by atoms with Gasteiger partial charge >= 0.3 is 0 Å². The molecule has 0 amide bonds. The molecule has 0 aromatic heterocycles. The molecule has 0 saturated carbocycles. The van der Waals surface area contributed by atoms with E-state index in [1.165, 1.54) is 75.7 Å². The summed E-state index contributed by atoms with van der Waals surface area (Å²) in [5, 5.41) is 8.57. The van der Waals surface area contributed by atoms with E-state index >= 15 is 0 Å². The highest BCUT2D eigenvalue weighted by Gasteiger charge is 1.91. The highest BCUT2D eigenvalue weighted by molar-refractivity contribution is 4.46. The molecule has 0 bridgehead atoms. The molecule has 4 heteroatoms. The van der Waals surface area contributed by atoms with Crippen LogP contribution in [0.1, 0.15) is 84.5 Å². The second-order valence-electron chi connectivity index (χ2n) is 5.86. The van der Waals surface area contributed by atoms with Crippen LogP contribution in [0.25, 0.3) is 0 Å². The van der Waals surface area contributed by atoms with Crippen LogP contribution in [0.4, 0.5) is 0 Å². The van der Waals surface area contributed by atoms with Gasteiger partial charge in [-0.25, -0.2) is 0 Å². The average Bonchev–Trinajstić information content (AvgIpc) is 2.37. The number of quaternary nitrogens is 1. The molecule has 134 valence electrons. The first-order valence-electron chi connectivity index (χ1n) is 8.58. The van der Waals surface area contributed by atoms with E-state index in [2.05, 4.69) is 27.9 Å². The predicted molar refractivity (Wildman–Crippen MR) is 86.9 cm³/mol. The molecule has 0 spiro atoms. The lowest BCUT2D eigenvalue weighted by atomic mass is 10.1. The maximum absolute atomic E-state index is 8.57. The number of halogens is 2. The molecule has 0 rings (SSSR count). The normalized spacial score (nSPS) is 9.43. The molecule has 0 saturated heterocycles. The van der Waals surface area contributed by atoms with Crippen LogP contribution < -0.4 is 29.7 Å². The Hall–Kier alpha value is 0.500. The number of hydrogen-bond donors (Lipinski definition) is 2. The van der Waals surface area contributed by atoms with Gasteiger partial charge in [-0.3, -0.25) is 0 Å². The molecule has 0 heterocycles. The first-order chi connectivity index (χ1) is 9.18. The summed E-state index contributed by atoms with van der Waals surface area (Å²) < 4.78 is 0. The SMILES string of the molecule is CCCCCCCCCCCCO.CCC[NH+](C)C.[Cl-].[Cl-]. The van der Waals surface area contributed by atoms with E-state index in [0.717, 1.165) is 6.42 Å². The van der Waals surface area contributed by atoms with Crippen molar-refractivity contribution < 1.29 is 34.8 Å². The van der Waals surface area contributed by atoms with Gasteiger partial charge in [0.1, 0.15) is 0 Å². The standard InChI is InChI=1S/C12H26O.C5H13N.2ClH/c1-2-3-4-5-6-7-8-9-10-11-12-13;1-4-5-6(2)3;;/h13H,2-12H2,1H3;4-5H2,1-3H3;2*1H/p-1. The van der Waals surface area contributed by atoms with Gasteiger partial charge in [0.25, 0.3) is 0 Å². The third-order valence-corrected chi connectivity index (χ3v) is 3.26. The highest BCUT2D eigenvalue weighted by atomic mass is 35.5. The van der Waals surface area contributed by atoms with Gasteiger partial charge in [-0.15, -0.1) is 0 Å². The number of rotatable bonds is 12. The smallest absolute Gasteiger partial charge is 0.0764 e. The van der Waals surface area contributed by atoms with Gasteiger partial charge in [-0.05, 0) is 12.8 Å². The molecule has 2 N–H and O–H groups in total. The Morgan fingerprint density at radius 2 is 1.00 bits per heavy atom. The minimum Gasteiger partial charge on any atom is -1.00 e. The van der Waals surface area contributed by atoms with Gasteiger partial charge in [-0.2, -0.15) is 0 Å². The first-order valence-corrected chi connectivity index (χ1v) is 8.58. The molecule has 21 heavy (non-hydrogen) atoms. The third-order valence-electron chi connectivity index (χ3n) is 3.26. The Kier molecular flexibility index (Phi) is 40.2. The molecule has 0 aliphatic carbocycles. The lowest BCUT2D eigenvalue weighted by molar-refractivity contribution is -0.858.